The van der Waals surface area contributed by atoms with Crippen molar-refractivity contribution in [3.8, 4) is 12.1 Å². The van der Waals surface area contributed by atoms with E-state index in [-0.39, 0.29) is 0 Å². The largest absolute Gasteiger partial charge is 0.371 e. The minimum Gasteiger partial charge on any atom is -0.371 e. The Hall–Kier alpha value is -1.52. The lowest BCUT2D eigenvalue weighted by Crippen LogP contribution is -2.38. The van der Waals surface area contributed by atoms with Gasteiger partial charge < -0.3 is 4.90 Å². The zero-order valence-electron chi connectivity index (χ0n) is 10.3. The van der Waals surface area contributed by atoms with E-state index in [1.54, 1.807) is 0 Å². The minimum absolute atomic E-state index is 0.620. The fourth-order valence-corrected chi connectivity index (χ4v) is 2.47. The van der Waals surface area contributed by atoms with Gasteiger partial charge >= 0.3 is 0 Å². The third kappa shape index (κ3) is 2.35. The molecule has 0 N–H and O–H groups in total. The molecule has 0 radical (unpaired) electrons. The Balaban J connectivity index is 2.13. The summed E-state index contributed by atoms with van der Waals surface area (Å²) < 4.78 is 1.10. The third-order valence-corrected chi connectivity index (χ3v) is 4.44. The van der Waals surface area contributed by atoms with Crippen molar-refractivity contribution in [3.05, 3.63) is 28.2 Å². The van der Waals surface area contributed by atoms with E-state index in [9.17, 15) is 0 Å². The number of hydrogen-bond acceptors (Lipinski definition) is 3. The predicted octanol–water partition coefficient (Wildman–Crippen LogP) is 3.39. The first-order chi connectivity index (χ1) is 8.60. The number of nitriles is 2. The fourth-order valence-electron chi connectivity index (χ4n) is 2.22. The molecule has 0 atom stereocenters. The van der Waals surface area contributed by atoms with E-state index in [1.807, 2.05) is 6.07 Å². The highest BCUT2D eigenvalue weighted by atomic mass is 79.9. The fraction of sp³-hybridized carbons (Fsp3) is 0.429. The van der Waals surface area contributed by atoms with Crippen molar-refractivity contribution in [3.63, 3.8) is 0 Å². The third-order valence-electron chi connectivity index (χ3n) is 3.55. The van der Waals surface area contributed by atoms with Crippen LogP contribution < -0.4 is 4.90 Å². The van der Waals surface area contributed by atoms with Crippen LogP contribution in [0.3, 0.4) is 0 Å². The van der Waals surface area contributed by atoms with Crippen molar-refractivity contribution in [2.75, 3.05) is 18.0 Å². The summed E-state index contributed by atoms with van der Waals surface area (Å²) in [4.78, 5) is 2.24. The molecule has 3 nitrogen and oxygen atoms in total. The molecule has 4 heteroatoms. The van der Waals surface area contributed by atoms with Gasteiger partial charge in [0.25, 0.3) is 0 Å². The smallest absolute Gasteiger partial charge is 0.147 e. The Kier molecular flexibility index (Phi) is 3.59. The van der Waals surface area contributed by atoms with Crippen molar-refractivity contribution >= 4 is 21.6 Å². The zero-order valence-corrected chi connectivity index (χ0v) is 11.9. The Morgan fingerprint density at radius 2 is 1.83 bits per heavy atom. The number of hydrogen-bond donors (Lipinski definition) is 0. The molecular weight excluding hydrogens is 290 g/mol. The Morgan fingerprint density at radius 1 is 1.22 bits per heavy atom. The van der Waals surface area contributed by atoms with Gasteiger partial charge in [-0.05, 0) is 43.5 Å². The van der Waals surface area contributed by atoms with E-state index < -0.39 is 5.41 Å². The molecule has 1 aromatic carbocycles. The van der Waals surface area contributed by atoms with Crippen LogP contribution in [0.5, 0.6) is 0 Å². The molecule has 18 heavy (non-hydrogen) atoms. The van der Waals surface area contributed by atoms with Crippen LogP contribution in [0.2, 0.25) is 0 Å². The molecule has 1 heterocycles. The SMILES string of the molecule is Cc1cc(N2CCC(C#N)(C#N)CC2)ccc1Br. The maximum absolute atomic E-state index is 9.08. The van der Waals surface area contributed by atoms with Gasteiger partial charge in [0.05, 0.1) is 12.1 Å². The summed E-state index contributed by atoms with van der Waals surface area (Å²) >= 11 is 3.49. The van der Waals surface area contributed by atoms with Gasteiger partial charge in [-0.3, -0.25) is 0 Å². The maximum Gasteiger partial charge on any atom is 0.147 e. The van der Waals surface area contributed by atoms with Crippen LogP contribution in [-0.4, -0.2) is 13.1 Å². The number of rotatable bonds is 1. The normalized spacial score (nSPS) is 17.9. The standard InChI is InChI=1S/C14H14BrN3/c1-11-8-12(2-3-13(11)15)18-6-4-14(9-16,10-17)5-7-18/h2-3,8H,4-7H2,1H3. The van der Waals surface area contributed by atoms with E-state index in [0.29, 0.717) is 12.8 Å². The Bertz CT molecular complexity index is 515. The highest BCUT2D eigenvalue weighted by molar-refractivity contribution is 9.10. The van der Waals surface area contributed by atoms with E-state index in [4.69, 9.17) is 10.5 Å². The second-order valence-electron chi connectivity index (χ2n) is 4.73. The summed E-state index contributed by atoms with van der Waals surface area (Å²) in [5.74, 6) is 0. The molecule has 1 aromatic rings. The van der Waals surface area contributed by atoms with Gasteiger partial charge in [0.15, 0.2) is 0 Å². The lowest BCUT2D eigenvalue weighted by Gasteiger charge is -2.34. The van der Waals surface area contributed by atoms with Crippen molar-refractivity contribution in [1.82, 2.24) is 0 Å². The van der Waals surface area contributed by atoms with E-state index in [2.05, 4.69) is 52.0 Å². The van der Waals surface area contributed by atoms with Gasteiger partial charge in [-0.1, -0.05) is 15.9 Å². The second kappa shape index (κ2) is 5.00. The first kappa shape index (κ1) is 12.9. The molecule has 0 spiro atoms. The highest BCUT2D eigenvalue weighted by Gasteiger charge is 2.34. The maximum atomic E-state index is 9.08. The van der Waals surface area contributed by atoms with Crippen LogP contribution in [0.4, 0.5) is 5.69 Å². The highest BCUT2D eigenvalue weighted by Crippen LogP contribution is 2.33. The molecule has 2 rings (SSSR count). The molecule has 0 saturated carbocycles. The molecule has 1 saturated heterocycles. The monoisotopic (exact) mass is 303 g/mol. The van der Waals surface area contributed by atoms with E-state index in [1.165, 1.54) is 11.3 Å². The molecule has 1 aliphatic heterocycles. The molecule has 0 amide bonds. The molecule has 0 aromatic heterocycles. The predicted molar refractivity (Wildman–Crippen MR) is 74.0 cm³/mol. The number of halogens is 1. The van der Waals surface area contributed by atoms with Crippen LogP contribution in [0.1, 0.15) is 18.4 Å². The van der Waals surface area contributed by atoms with Gasteiger partial charge in [0, 0.05) is 23.2 Å². The first-order valence-electron chi connectivity index (χ1n) is 5.94. The topological polar surface area (TPSA) is 50.8 Å². The molecule has 1 aliphatic rings. The Morgan fingerprint density at radius 3 is 2.33 bits per heavy atom. The van der Waals surface area contributed by atoms with Gasteiger partial charge in [0.2, 0.25) is 0 Å². The summed E-state index contributed by atoms with van der Waals surface area (Å²) in [5.41, 5.74) is 1.59. The van der Waals surface area contributed by atoms with Gasteiger partial charge in [0.1, 0.15) is 5.41 Å². The van der Waals surface area contributed by atoms with Crippen molar-refractivity contribution in [2.24, 2.45) is 5.41 Å². The van der Waals surface area contributed by atoms with Crippen LogP contribution in [-0.2, 0) is 0 Å². The quantitative estimate of drug-likeness (QED) is 0.799. The van der Waals surface area contributed by atoms with Crippen LogP contribution in [0.25, 0.3) is 0 Å². The number of benzene rings is 1. The summed E-state index contributed by atoms with van der Waals surface area (Å²) in [5, 5.41) is 18.2. The number of aryl methyl sites for hydroxylation is 1. The van der Waals surface area contributed by atoms with Gasteiger partial charge in [-0.15, -0.1) is 0 Å². The summed E-state index contributed by atoms with van der Waals surface area (Å²) in [6, 6.07) is 10.6. The summed E-state index contributed by atoms with van der Waals surface area (Å²) in [6.07, 6.45) is 1.24. The number of anilines is 1. The number of nitrogens with zero attached hydrogens (tertiary/aromatic N) is 3. The zero-order chi connectivity index (χ0) is 13.2. The van der Waals surface area contributed by atoms with Crippen LogP contribution in [0, 0.1) is 35.0 Å². The van der Waals surface area contributed by atoms with E-state index in [0.717, 1.165) is 17.6 Å². The summed E-state index contributed by atoms with van der Waals surface area (Å²) in [6.45, 7) is 3.59. The van der Waals surface area contributed by atoms with Crippen molar-refractivity contribution < 1.29 is 0 Å². The molecule has 92 valence electrons. The summed E-state index contributed by atoms with van der Waals surface area (Å²) in [7, 11) is 0. The van der Waals surface area contributed by atoms with Crippen molar-refractivity contribution in [2.45, 2.75) is 19.8 Å². The minimum atomic E-state index is -0.777. The molecule has 1 fully saturated rings. The number of piperidine rings is 1. The first-order valence-corrected chi connectivity index (χ1v) is 6.73. The van der Waals surface area contributed by atoms with Gasteiger partial charge in [-0.2, -0.15) is 10.5 Å². The lowest BCUT2D eigenvalue weighted by atomic mass is 9.81. The lowest BCUT2D eigenvalue weighted by molar-refractivity contribution is 0.393. The molecular formula is C14H14BrN3. The average molecular weight is 304 g/mol. The van der Waals surface area contributed by atoms with Crippen LogP contribution >= 0.6 is 15.9 Å². The molecule has 0 unspecified atom stereocenters. The van der Waals surface area contributed by atoms with Crippen molar-refractivity contribution in [1.29, 1.82) is 10.5 Å². The van der Waals surface area contributed by atoms with Gasteiger partial charge in [-0.25, -0.2) is 0 Å². The van der Waals surface area contributed by atoms with Crippen LogP contribution in [0.15, 0.2) is 22.7 Å². The molecule has 0 aliphatic carbocycles. The molecule has 0 bridgehead atoms. The Labute approximate surface area is 116 Å². The second-order valence-corrected chi connectivity index (χ2v) is 5.58. The van der Waals surface area contributed by atoms with E-state index >= 15 is 0 Å². The average Bonchev–Trinajstić information content (AvgIpc) is 2.42.